The predicted octanol–water partition coefficient (Wildman–Crippen LogP) is 6.22. The number of carboxylic acid groups (broad SMARTS) is 1. The summed E-state index contributed by atoms with van der Waals surface area (Å²) >= 11 is 6.60. The first-order valence-corrected chi connectivity index (χ1v) is 13.6. The van der Waals surface area contributed by atoms with Crippen LogP contribution in [0.15, 0.2) is 48.0 Å². The molecule has 1 amide bonds. The molecule has 1 N–H and O–H groups in total. The molecule has 0 unspecified atom stereocenters. The SMILES string of the molecule is CC/C(=C/c1c2c(n(-c3ccc(F)cc3Cl)c1-c1ccc(OC)cc1)CCN(N1CCCCC1)C2=O)C(=O)O. The lowest BCUT2D eigenvalue weighted by Crippen LogP contribution is -2.51. The molecule has 3 aromatic rings. The van der Waals surface area contributed by atoms with Crippen LogP contribution in [-0.2, 0) is 11.2 Å². The summed E-state index contributed by atoms with van der Waals surface area (Å²) in [7, 11) is 1.58. The Bertz CT molecular complexity index is 1440. The summed E-state index contributed by atoms with van der Waals surface area (Å²) in [6.07, 6.45) is 5.58. The number of aromatic nitrogens is 1. The van der Waals surface area contributed by atoms with Crippen LogP contribution in [0.2, 0.25) is 5.02 Å². The molecule has 0 atom stereocenters. The highest BCUT2D eigenvalue weighted by Crippen LogP contribution is 2.41. The molecular formula is C30H31ClFN3O4. The monoisotopic (exact) mass is 551 g/mol. The Morgan fingerprint density at radius 2 is 1.82 bits per heavy atom. The van der Waals surface area contributed by atoms with Crippen LogP contribution in [0.25, 0.3) is 23.0 Å². The van der Waals surface area contributed by atoms with Crippen molar-refractivity contribution in [2.45, 2.75) is 39.0 Å². The number of ether oxygens (including phenoxy) is 1. The van der Waals surface area contributed by atoms with E-state index in [0.29, 0.717) is 41.2 Å². The molecule has 9 heteroatoms. The second-order valence-corrected chi connectivity index (χ2v) is 10.2. The topological polar surface area (TPSA) is 75.0 Å². The lowest BCUT2D eigenvalue weighted by molar-refractivity contribution is -0.132. The number of rotatable bonds is 7. The fraction of sp³-hybridized carbons (Fsp3) is 0.333. The van der Waals surface area contributed by atoms with E-state index in [1.165, 1.54) is 12.1 Å². The van der Waals surface area contributed by atoms with E-state index in [1.54, 1.807) is 31.2 Å². The molecule has 0 radical (unpaired) electrons. The van der Waals surface area contributed by atoms with Crippen LogP contribution in [0.3, 0.4) is 0 Å². The molecule has 0 bridgehead atoms. The minimum Gasteiger partial charge on any atom is -0.497 e. The molecule has 204 valence electrons. The zero-order chi connectivity index (χ0) is 27.7. The maximum atomic E-state index is 14.2. The summed E-state index contributed by atoms with van der Waals surface area (Å²) in [5, 5.41) is 14.0. The van der Waals surface area contributed by atoms with E-state index in [4.69, 9.17) is 16.3 Å². The van der Waals surface area contributed by atoms with Gasteiger partial charge in [0, 0.05) is 42.9 Å². The molecule has 39 heavy (non-hydrogen) atoms. The number of carbonyl (C=O) groups is 2. The zero-order valence-electron chi connectivity index (χ0n) is 22.0. The summed E-state index contributed by atoms with van der Waals surface area (Å²) in [4.78, 5) is 26.4. The van der Waals surface area contributed by atoms with Crippen molar-refractivity contribution in [3.8, 4) is 22.7 Å². The highest BCUT2D eigenvalue weighted by molar-refractivity contribution is 6.32. The van der Waals surface area contributed by atoms with Gasteiger partial charge in [-0.2, -0.15) is 0 Å². The van der Waals surface area contributed by atoms with Gasteiger partial charge in [-0.1, -0.05) is 24.9 Å². The molecular weight excluding hydrogens is 521 g/mol. The van der Waals surface area contributed by atoms with E-state index >= 15 is 0 Å². The molecule has 2 aliphatic rings. The molecule has 2 aliphatic heterocycles. The molecule has 1 aromatic heterocycles. The van der Waals surface area contributed by atoms with Gasteiger partial charge in [0.2, 0.25) is 0 Å². The molecule has 0 saturated carbocycles. The van der Waals surface area contributed by atoms with Gasteiger partial charge in [-0.05, 0) is 73.4 Å². The third-order valence-electron chi connectivity index (χ3n) is 7.48. The van der Waals surface area contributed by atoms with Gasteiger partial charge in [-0.3, -0.25) is 9.80 Å². The van der Waals surface area contributed by atoms with E-state index in [1.807, 2.05) is 28.8 Å². The number of nitrogens with zero attached hydrogens (tertiary/aromatic N) is 3. The van der Waals surface area contributed by atoms with Crippen LogP contribution in [-0.4, -0.2) is 58.3 Å². The van der Waals surface area contributed by atoms with E-state index in [-0.39, 0.29) is 22.9 Å². The first kappa shape index (κ1) is 27.0. The second-order valence-electron chi connectivity index (χ2n) is 9.76. The van der Waals surface area contributed by atoms with Gasteiger partial charge in [0.1, 0.15) is 11.6 Å². The molecule has 2 aromatic carbocycles. The third-order valence-corrected chi connectivity index (χ3v) is 7.78. The summed E-state index contributed by atoms with van der Waals surface area (Å²) in [5.74, 6) is -1.03. The zero-order valence-corrected chi connectivity index (χ0v) is 22.8. The third kappa shape index (κ3) is 5.06. The van der Waals surface area contributed by atoms with Crippen LogP contribution >= 0.6 is 11.6 Å². The minimum atomic E-state index is -1.05. The van der Waals surface area contributed by atoms with Crippen LogP contribution in [0, 0.1) is 5.82 Å². The Hall–Kier alpha value is -3.62. The van der Waals surface area contributed by atoms with Gasteiger partial charge < -0.3 is 14.4 Å². The maximum absolute atomic E-state index is 14.2. The fourth-order valence-corrected chi connectivity index (χ4v) is 5.79. The van der Waals surface area contributed by atoms with Crippen molar-refractivity contribution in [3.05, 3.63) is 75.7 Å². The number of hydrogen-bond acceptors (Lipinski definition) is 4. The van der Waals surface area contributed by atoms with Crippen molar-refractivity contribution in [3.63, 3.8) is 0 Å². The fourth-order valence-electron chi connectivity index (χ4n) is 5.54. The number of hydrazine groups is 1. The van der Waals surface area contributed by atoms with Crippen LogP contribution in [0.1, 0.15) is 54.2 Å². The lowest BCUT2D eigenvalue weighted by Gasteiger charge is -2.39. The smallest absolute Gasteiger partial charge is 0.331 e. The van der Waals surface area contributed by atoms with Gasteiger partial charge in [0.25, 0.3) is 5.91 Å². The number of carboxylic acids is 1. The molecule has 7 nitrogen and oxygen atoms in total. The van der Waals surface area contributed by atoms with Gasteiger partial charge in [0.05, 0.1) is 29.1 Å². The van der Waals surface area contributed by atoms with Crippen molar-refractivity contribution >= 4 is 29.6 Å². The number of halogens is 2. The predicted molar refractivity (Wildman–Crippen MR) is 149 cm³/mol. The number of amides is 1. The molecule has 1 fully saturated rings. The molecule has 0 spiro atoms. The number of methoxy groups -OCH3 is 1. The largest absolute Gasteiger partial charge is 0.497 e. The second kappa shape index (κ2) is 11.2. The lowest BCUT2D eigenvalue weighted by atomic mass is 9.97. The highest BCUT2D eigenvalue weighted by atomic mass is 35.5. The molecule has 0 aliphatic carbocycles. The average Bonchev–Trinajstić information content (AvgIpc) is 3.26. The summed E-state index contributed by atoms with van der Waals surface area (Å²) in [5.41, 5.74) is 3.75. The summed E-state index contributed by atoms with van der Waals surface area (Å²) < 4.78 is 21.3. The van der Waals surface area contributed by atoms with Gasteiger partial charge in [-0.15, -0.1) is 0 Å². The first-order chi connectivity index (χ1) is 18.8. The van der Waals surface area contributed by atoms with E-state index in [9.17, 15) is 19.1 Å². The van der Waals surface area contributed by atoms with Crippen molar-refractivity contribution in [1.82, 2.24) is 14.6 Å². The van der Waals surface area contributed by atoms with E-state index < -0.39 is 11.8 Å². The summed E-state index contributed by atoms with van der Waals surface area (Å²) in [6.45, 7) is 3.86. The van der Waals surface area contributed by atoms with E-state index in [0.717, 1.165) is 43.6 Å². The van der Waals surface area contributed by atoms with Crippen molar-refractivity contribution in [2.75, 3.05) is 26.7 Å². The maximum Gasteiger partial charge on any atom is 0.331 e. The Kier molecular flexibility index (Phi) is 7.77. The first-order valence-electron chi connectivity index (χ1n) is 13.2. The van der Waals surface area contributed by atoms with Gasteiger partial charge in [0.15, 0.2) is 0 Å². The number of carbonyl (C=O) groups excluding carboxylic acids is 1. The Balaban J connectivity index is 1.83. The average molecular weight is 552 g/mol. The Labute approximate surface area is 232 Å². The quantitative estimate of drug-likeness (QED) is 0.353. The van der Waals surface area contributed by atoms with Crippen LogP contribution in [0.5, 0.6) is 5.75 Å². The van der Waals surface area contributed by atoms with Crippen LogP contribution < -0.4 is 4.74 Å². The van der Waals surface area contributed by atoms with Gasteiger partial charge in [-0.25, -0.2) is 14.2 Å². The number of aliphatic carboxylic acids is 1. The number of fused-ring (bicyclic) bond motifs is 1. The number of piperidine rings is 1. The number of benzene rings is 2. The molecule has 1 saturated heterocycles. The van der Waals surface area contributed by atoms with Crippen molar-refractivity contribution < 1.29 is 23.8 Å². The van der Waals surface area contributed by atoms with Crippen molar-refractivity contribution in [1.29, 1.82) is 0 Å². The summed E-state index contributed by atoms with van der Waals surface area (Å²) in [6, 6.07) is 11.5. The highest BCUT2D eigenvalue weighted by Gasteiger charge is 2.37. The Morgan fingerprint density at radius 3 is 2.44 bits per heavy atom. The normalized spacial score (nSPS) is 16.4. The number of hydrogen-bond donors (Lipinski definition) is 1. The minimum absolute atomic E-state index is 0.169. The van der Waals surface area contributed by atoms with Crippen molar-refractivity contribution in [2.24, 2.45) is 0 Å². The molecule has 3 heterocycles. The molecule has 5 rings (SSSR count). The van der Waals surface area contributed by atoms with Gasteiger partial charge >= 0.3 is 5.97 Å². The standard InChI is InChI=1S/C30H31ClFN3O4/c1-3-19(30(37)38)17-23-27-26(13-16-34(29(27)36)33-14-5-4-6-15-33)35(25-12-9-21(32)18-24(25)31)28(23)20-7-10-22(39-2)11-8-20/h7-12,17-18H,3-6,13-16H2,1-2H3,(H,37,38)/b19-17-. The van der Waals surface area contributed by atoms with Crippen LogP contribution in [0.4, 0.5) is 4.39 Å². The Morgan fingerprint density at radius 1 is 1.10 bits per heavy atom. The van der Waals surface area contributed by atoms with E-state index in [2.05, 4.69) is 5.01 Å².